The molecule has 7 heteroatoms. The fourth-order valence-corrected chi connectivity index (χ4v) is 2.92. The van der Waals surface area contributed by atoms with Crippen LogP contribution in [0.2, 0.25) is 0 Å². The van der Waals surface area contributed by atoms with E-state index in [0.29, 0.717) is 28.4 Å². The Morgan fingerprint density at radius 2 is 1.66 bits per heavy atom. The first-order chi connectivity index (χ1) is 15.2. The van der Waals surface area contributed by atoms with Gasteiger partial charge in [0.1, 0.15) is 12.4 Å². The predicted molar refractivity (Wildman–Crippen MR) is 115 cm³/mol. The van der Waals surface area contributed by atoms with E-state index in [4.69, 9.17) is 14.6 Å². The molecule has 0 atom stereocenters. The zero-order valence-corrected chi connectivity index (χ0v) is 17.2. The normalized spacial score (nSPS) is 11.5. The summed E-state index contributed by atoms with van der Waals surface area (Å²) in [6.45, 7) is 2.04. The molecule has 0 aliphatic rings. The van der Waals surface area contributed by atoms with E-state index in [2.05, 4.69) is 0 Å². The maximum absolute atomic E-state index is 12.6. The summed E-state index contributed by atoms with van der Waals surface area (Å²) in [6, 6.07) is 17.1. The van der Waals surface area contributed by atoms with E-state index in [-0.39, 0.29) is 13.0 Å². The number of aryl methyl sites for hydroxylation is 1. The van der Waals surface area contributed by atoms with Gasteiger partial charge < -0.3 is 14.6 Å². The molecule has 0 bridgehead atoms. The van der Waals surface area contributed by atoms with Crippen molar-refractivity contribution in [1.82, 2.24) is 0 Å². The molecule has 3 aromatic carbocycles. The van der Waals surface area contributed by atoms with Crippen LogP contribution in [-0.2, 0) is 17.4 Å². The molecule has 0 saturated carbocycles. The van der Waals surface area contributed by atoms with Gasteiger partial charge >= 0.3 is 12.1 Å². The number of carboxylic acid groups (broad SMARTS) is 1. The number of ether oxygens (including phenoxy) is 2. The minimum Gasteiger partial charge on any atom is -0.486 e. The molecular formula is C25H21F3O4. The number of carbonyl (C=O) groups is 1. The summed E-state index contributed by atoms with van der Waals surface area (Å²) in [5, 5.41) is 9.00. The third-order valence-corrected chi connectivity index (χ3v) is 4.56. The van der Waals surface area contributed by atoms with Gasteiger partial charge in [-0.15, -0.1) is 0 Å². The molecule has 3 aromatic rings. The highest BCUT2D eigenvalue weighted by atomic mass is 19.4. The monoisotopic (exact) mass is 442 g/mol. The second-order valence-corrected chi connectivity index (χ2v) is 7.05. The van der Waals surface area contributed by atoms with Crippen molar-refractivity contribution in [3.63, 3.8) is 0 Å². The van der Waals surface area contributed by atoms with E-state index in [1.165, 1.54) is 12.1 Å². The lowest BCUT2D eigenvalue weighted by Gasteiger charge is -2.14. The van der Waals surface area contributed by atoms with Crippen molar-refractivity contribution in [2.75, 3.05) is 6.61 Å². The van der Waals surface area contributed by atoms with Crippen molar-refractivity contribution >= 4 is 12.0 Å². The molecule has 0 aliphatic heterocycles. The first-order valence-corrected chi connectivity index (χ1v) is 9.77. The van der Waals surface area contributed by atoms with E-state index in [1.807, 2.05) is 6.92 Å². The number of hydrogen-bond acceptors (Lipinski definition) is 3. The zero-order chi connectivity index (χ0) is 23.1. The Bertz CT molecular complexity index is 1100. The molecule has 166 valence electrons. The molecule has 0 fully saturated rings. The Kier molecular flexibility index (Phi) is 7.20. The Morgan fingerprint density at radius 1 is 0.969 bits per heavy atom. The van der Waals surface area contributed by atoms with Crippen LogP contribution in [0.25, 0.3) is 6.08 Å². The lowest BCUT2D eigenvalue weighted by Crippen LogP contribution is -2.04. The van der Waals surface area contributed by atoms with Crippen LogP contribution in [0.1, 0.15) is 22.3 Å². The summed E-state index contributed by atoms with van der Waals surface area (Å²) in [5.74, 6) is 0.544. The molecule has 0 aromatic heterocycles. The fourth-order valence-electron chi connectivity index (χ4n) is 2.92. The molecule has 0 heterocycles. The summed E-state index contributed by atoms with van der Waals surface area (Å²) in [4.78, 5) is 11.0. The summed E-state index contributed by atoms with van der Waals surface area (Å²) >= 11 is 0. The summed E-state index contributed by atoms with van der Waals surface area (Å²) in [7, 11) is 0. The van der Waals surface area contributed by atoms with Gasteiger partial charge in [0, 0.05) is 0 Å². The maximum atomic E-state index is 12.6. The Hall–Kier alpha value is -3.74. The van der Waals surface area contributed by atoms with E-state index in [0.717, 1.165) is 17.7 Å². The summed E-state index contributed by atoms with van der Waals surface area (Å²) < 4.78 is 49.6. The first-order valence-electron chi connectivity index (χ1n) is 9.77. The van der Waals surface area contributed by atoms with E-state index in [9.17, 15) is 18.0 Å². The Labute approximate surface area is 183 Å². The minimum atomic E-state index is -4.36. The van der Waals surface area contributed by atoms with Gasteiger partial charge in [-0.3, -0.25) is 4.79 Å². The lowest BCUT2D eigenvalue weighted by molar-refractivity contribution is -0.138. The number of benzene rings is 3. The SMILES string of the molecule is Cc1ccc(CC(=O)O)cc1Oc1ccccc1OCC=Cc1ccc(C(F)(F)F)cc1. The van der Waals surface area contributed by atoms with Crippen molar-refractivity contribution in [3.8, 4) is 17.2 Å². The van der Waals surface area contributed by atoms with Crippen molar-refractivity contribution < 1.29 is 32.5 Å². The van der Waals surface area contributed by atoms with Gasteiger partial charge in [-0.2, -0.15) is 13.2 Å². The standard InChI is InChI=1S/C25H21F3O4/c1-17-8-9-19(16-24(29)30)15-23(17)32-22-7-3-2-6-21(22)31-14-4-5-18-10-12-20(13-11-18)25(26,27)28/h2-13,15H,14,16H2,1H3,(H,29,30). The number of rotatable bonds is 8. The molecule has 0 unspecified atom stereocenters. The number of aliphatic carboxylic acids is 1. The molecule has 0 aliphatic carbocycles. The van der Waals surface area contributed by atoms with Gasteiger partial charge in [0.2, 0.25) is 0 Å². The number of para-hydroxylation sites is 2. The number of carboxylic acids is 1. The van der Waals surface area contributed by atoms with E-state index in [1.54, 1.807) is 54.6 Å². The van der Waals surface area contributed by atoms with E-state index < -0.39 is 17.7 Å². The van der Waals surface area contributed by atoms with Crippen LogP contribution < -0.4 is 9.47 Å². The van der Waals surface area contributed by atoms with Gasteiger partial charge in [-0.05, 0) is 60.0 Å². The largest absolute Gasteiger partial charge is 0.486 e. The topological polar surface area (TPSA) is 55.8 Å². The molecule has 0 radical (unpaired) electrons. The quantitative estimate of drug-likeness (QED) is 0.431. The number of hydrogen-bond donors (Lipinski definition) is 1. The molecule has 0 spiro atoms. The van der Waals surface area contributed by atoms with Gasteiger partial charge in [0.25, 0.3) is 0 Å². The van der Waals surface area contributed by atoms with Crippen molar-refractivity contribution in [1.29, 1.82) is 0 Å². The second-order valence-electron chi connectivity index (χ2n) is 7.05. The maximum Gasteiger partial charge on any atom is 0.416 e. The van der Waals surface area contributed by atoms with Crippen LogP contribution >= 0.6 is 0 Å². The molecule has 4 nitrogen and oxygen atoms in total. The molecule has 1 N–H and O–H groups in total. The van der Waals surface area contributed by atoms with E-state index >= 15 is 0 Å². The Balaban J connectivity index is 1.66. The zero-order valence-electron chi connectivity index (χ0n) is 17.2. The van der Waals surface area contributed by atoms with Crippen molar-refractivity contribution in [3.05, 3.63) is 95.1 Å². The lowest BCUT2D eigenvalue weighted by atomic mass is 10.1. The molecular weight excluding hydrogens is 421 g/mol. The predicted octanol–water partition coefficient (Wildman–Crippen LogP) is 6.53. The first kappa shape index (κ1) is 22.9. The smallest absolute Gasteiger partial charge is 0.416 e. The highest BCUT2D eigenvalue weighted by Crippen LogP contribution is 2.33. The number of alkyl halides is 3. The van der Waals surface area contributed by atoms with Gasteiger partial charge in [0.15, 0.2) is 11.5 Å². The average molecular weight is 442 g/mol. The van der Waals surface area contributed by atoms with Gasteiger partial charge in [-0.1, -0.05) is 42.5 Å². The van der Waals surface area contributed by atoms with Crippen LogP contribution in [0.3, 0.4) is 0 Å². The Morgan fingerprint density at radius 3 is 2.31 bits per heavy atom. The number of halogens is 3. The third-order valence-electron chi connectivity index (χ3n) is 4.56. The third kappa shape index (κ3) is 6.38. The summed E-state index contributed by atoms with van der Waals surface area (Å²) in [6.07, 6.45) is -1.11. The van der Waals surface area contributed by atoms with Gasteiger partial charge in [0.05, 0.1) is 12.0 Å². The fraction of sp³-hybridized carbons (Fsp3) is 0.160. The van der Waals surface area contributed by atoms with Gasteiger partial charge in [-0.25, -0.2) is 0 Å². The van der Waals surface area contributed by atoms with Crippen molar-refractivity contribution in [2.45, 2.75) is 19.5 Å². The van der Waals surface area contributed by atoms with Crippen LogP contribution in [0.4, 0.5) is 13.2 Å². The van der Waals surface area contributed by atoms with Crippen LogP contribution in [0.15, 0.2) is 72.8 Å². The molecule has 0 amide bonds. The molecule has 32 heavy (non-hydrogen) atoms. The molecule has 3 rings (SSSR count). The summed E-state index contributed by atoms with van der Waals surface area (Å²) in [5.41, 5.74) is 1.39. The van der Waals surface area contributed by atoms with Crippen LogP contribution in [0, 0.1) is 6.92 Å². The molecule has 0 saturated heterocycles. The highest BCUT2D eigenvalue weighted by Gasteiger charge is 2.29. The minimum absolute atomic E-state index is 0.108. The van der Waals surface area contributed by atoms with Crippen molar-refractivity contribution in [2.24, 2.45) is 0 Å². The van der Waals surface area contributed by atoms with Crippen LogP contribution in [0.5, 0.6) is 17.2 Å². The second kappa shape index (κ2) is 10.0. The highest BCUT2D eigenvalue weighted by molar-refractivity contribution is 5.70. The van der Waals surface area contributed by atoms with Crippen LogP contribution in [-0.4, -0.2) is 17.7 Å². The average Bonchev–Trinajstić information content (AvgIpc) is 2.74.